The predicted octanol–water partition coefficient (Wildman–Crippen LogP) is -6.99. The number of aliphatic carboxylic acids is 2. The van der Waals surface area contributed by atoms with Crippen LogP contribution in [0.2, 0.25) is 0 Å². The van der Waals surface area contributed by atoms with Crippen molar-refractivity contribution in [2.24, 2.45) is 0 Å². The fourth-order valence-corrected chi connectivity index (χ4v) is 0.270. The molecule has 0 saturated heterocycles. The fraction of sp³-hybridized carbons (Fsp3) is 0.500. The maximum absolute atomic E-state index is 9.77. The third-order valence-corrected chi connectivity index (χ3v) is 0.805. The van der Waals surface area contributed by atoms with Crippen molar-refractivity contribution in [1.82, 2.24) is 0 Å². The van der Waals surface area contributed by atoms with Gasteiger partial charge in [-0.3, -0.25) is 0 Å². The average Bonchev–Trinajstić information content (AvgIpc) is 1.84. The minimum absolute atomic E-state index is 0. The molecule has 0 aliphatic rings. The first-order chi connectivity index (χ1) is 4.46. The van der Waals surface area contributed by atoms with Gasteiger partial charge in [0.05, 0.1) is 0 Å². The van der Waals surface area contributed by atoms with E-state index in [1.165, 1.54) is 0 Å². The molecule has 0 aromatic rings. The number of carboxylic acid groups (broad SMARTS) is 2. The summed E-state index contributed by atoms with van der Waals surface area (Å²) >= 11 is 0. The van der Waals surface area contributed by atoms with Crippen molar-refractivity contribution in [3.8, 4) is 0 Å². The van der Waals surface area contributed by atoms with Crippen molar-refractivity contribution in [3.05, 3.63) is 0 Å². The van der Waals surface area contributed by atoms with Gasteiger partial charge in [0.2, 0.25) is 0 Å². The van der Waals surface area contributed by atoms with E-state index in [4.69, 9.17) is 20.4 Å². The van der Waals surface area contributed by atoms with Crippen LogP contribution in [0.3, 0.4) is 0 Å². The number of aliphatic hydroxyl groups is 2. The molecule has 0 aromatic carbocycles. The third-order valence-electron chi connectivity index (χ3n) is 0.805. The van der Waals surface area contributed by atoms with Gasteiger partial charge in [0, 0.05) is 0 Å². The van der Waals surface area contributed by atoms with Gasteiger partial charge in [-0.1, -0.05) is 0 Å². The summed E-state index contributed by atoms with van der Waals surface area (Å²) in [6, 6.07) is 0. The zero-order valence-electron chi connectivity index (χ0n) is 6.76. The van der Waals surface area contributed by atoms with E-state index in [1.807, 2.05) is 0 Å². The maximum atomic E-state index is 9.77. The Morgan fingerprint density at radius 1 is 0.750 bits per heavy atom. The van der Waals surface area contributed by atoms with Crippen molar-refractivity contribution in [2.45, 2.75) is 12.2 Å². The zero-order chi connectivity index (χ0) is 8.31. The summed E-state index contributed by atoms with van der Waals surface area (Å²) in [5.74, 6) is -3.54. The molecule has 0 amide bonds. The average molecular weight is 304 g/mol. The third kappa shape index (κ3) is 18.0. The molecule has 0 aliphatic carbocycles. The van der Waals surface area contributed by atoms with Crippen LogP contribution < -0.4 is 0 Å². The Hall–Kier alpha value is 1.60. The van der Waals surface area contributed by atoms with Gasteiger partial charge in [-0.25, -0.2) is 9.59 Å². The summed E-state index contributed by atoms with van der Waals surface area (Å²) in [7, 11) is 0. The molecule has 2 unspecified atom stereocenters. The van der Waals surface area contributed by atoms with Gasteiger partial charge in [0.15, 0.2) is 12.2 Å². The summed E-state index contributed by atoms with van der Waals surface area (Å²) in [5.41, 5.74) is 0. The summed E-state index contributed by atoms with van der Waals surface area (Å²) in [6.07, 6.45) is -4.53. The molecule has 0 spiro atoms. The normalized spacial score (nSPS) is 9.88. The summed E-state index contributed by atoms with van der Waals surface area (Å²) in [4.78, 5) is 19.5. The van der Waals surface area contributed by atoms with Crippen LogP contribution in [0.5, 0.6) is 0 Å². The molecule has 0 heterocycles. The Kier molecular flexibility index (Phi) is 58.9. The molecule has 0 radical (unpaired) electrons. The molecule has 0 saturated carbocycles. The molecule has 16 heavy (non-hydrogen) atoms. The van der Waals surface area contributed by atoms with E-state index in [0.717, 1.165) is 0 Å². The first-order valence-electron chi connectivity index (χ1n) is 2.28. The quantitative estimate of drug-likeness (QED) is 0.368. The monoisotopic (exact) mass is 304 g/mol. The van der Waals surface area contributed by atoms with Crippen molar-refractivity contribution < 1.29 is 51.9 Å². The van der Waals surface area contributed by atoms with E-state index in [1.54, 1.807) is 0 Å². The summed E-state index contributed by atoms with van der Waals surface area (Å²) < 4.78 is 0. The van der Waals surface area contributed by atoms with Crippen LogP contribution >= 0.6 is 0 Å². The predicted molar refractivity (Wildman–Crippen MR) is 57.4 cm³/mol. The Balaban J connectivity index is -0.0000000270. The van der Waals surface area contributed by atoms with Crippen LogP contribution in [0.4, 0.5) is 0 Å². The van der Waals surface area contributed by atoms with E-state index in [-0.39, 0.29) is 111 Å². The molecule has 10 nitrogen and oxygen atoms in total. The van der Waals surface area contributed by atoms with Crippen LogP contribution in [0.1, 0.15) is 0 Å². The number of hydrogen-bond acceptors (Lipinski definition) is 4. The summed E-state index contributed by atoms with van der Waals surface area (Å²) in [5, 5.41) is 32.5. The SMILES string of the molecule is O.O.O.O.O=C(O)C(O)C(O)C(=O)O.[CaH2].[KH]. The van der Waals surface area contributed by atoms with Crippen LogP contribution in [0.15, 0.2) is 0 Å². The number of hydrogen-bond donors (Lipinski definition) is 4. The molecule has 0 bridgehead atoms. The van der Waals surface area contributed by atoms with Crippen molar-refractivity contribution in [3.63, 3.8) is 0 Å². The van der Waals surface area contributed by atoms with Crippen LogP contribution in [-0.2, 0) is 9.59 Å². The minimum atomic E-state index is -2.27. The number of aliphatic hydroxyl groups excluding tert-OH is 2. The standard InChI is InChI=1S/C4H6O6.Ca.K.4H2O.3H/c5-1(3(7)8)2(6)4(9)10;;;;;;;;;/h1-2,5-6H,(H,7,8)(H,9,10);;;4*1H2;;;. The Morgan fingerprint density at radius 3 is 0.938 bits per heavy atom. The van der Waals surface area contributed by atoms with E-state index in [2.05, 4.69) is 0 Å². The van der Waals surface area contributed by atoms with Gasteiger partial charge in [0.25, 0.3) is 0 Å². The van der Waals surface area contributed by atoms with Crippen molar-refractivity contribution in [2.75, 3.05) is 0 Å². The second kappa shape index (κ2) is 21.8. The second-order valence-corrected chi connectivity index (χ2v) is 1.57. The van der Waals surface area contributed by atoms with Gasteiger partial charge >= 0.3 is 101 Å². The van der Waals surface area contributed by atoms with Gasteiger partial charge in [-0.15, -0.1) is 0 Å². The Morgan fingerprint density at radius 2 is 0.875 bits per heavy atom. The van der Waals surface area contributed by atoms with Crippen LogP contribution in [0, 0.1) is 0 Å². The molecule has 12 N–H and O–H groups in total. The Labute approximate surface area is 162 Å². The van der Waals surface area contributed by atoms with Gasteiger partial charge < -0.3 is 42.3 Å². The second-order valence-electron chi connectivity index (χ2n) is 1.57. The Bertz CT molecular complexity index is 147. The zero-order valence-corrected chi connectivity index (χ0v) is 6.76. The van der Waals surface area contributed by atoms with E-state index < -0.39 is 24.1 Å². The molecule has 0 aliphatic heterocycles. The molecule has 2 atom stereocenters. The number of carboxylic acids is 2. The fourth-order valence-electron chi connectivity index (χ4n) is 0.270. The van der Waals surface area contributed by atoms with Crippen molar-refractivity contribution in [1.29, 1.82) is 0 Å². The number of rotatable bonds is 3. The molecule has 0 aromatic heterocycles. The molecule has 0 rings (SSSR count). The molecule has 12 heteroatoms. The van der Waals surface area contributed by atoms with E-state index in [9.17, 15) is 9.59 Å². The number of carbonyl (C=O) groups is 2. The topological polar surface area (TPSA) is 241 Å². The van der Waals surface area contributed by atoms with Crippen LogP contribution in [0.25, 0.3) is 0 Å². The molecule has 0 fully saturated rings. The first-order valence-corrected chi connectivity index (χ1v) is 2.28. The van der Waals surface area contributed by atoms with E-state index >= 15 is 0 Å². The molecular formula is C4H17CaKO10. The summed E-state index contributed by atoms with van der Waals surface area (Å²) in [6.45, 7) is 0. The molecule has 96 valence electrons. The van der Waals surface area contributed by atoms with E-state index in [0.29, 0.717) is 0 Å². The molecular weight excluding hydrogens is 287 g/mol. The van der Waals surface area contributed by atoms with Gasteiger partial charge in [-0.2, -0.15) is 0 Å². The van der Waals surface area contributed by atoms with Gasteiger partial charge in [0.1, 0.15) is 0 Å². The van der Waals surface area contributed by atoms with Crippen LogP contribution in [-0.4, -0.2) is 156 Å². The van der Waals surface area contributed by atoms with Gasteiger partial charge in [-0.05, 0) is 0 Å². The first kappa shape index (κ1) is 43.2. The van der Waals surface area contributed by atoms with Crippen molar-refractivity contribution >= 4 is 101 Å².